The van der Waals surface area contributed by atoms with E-state index in [9.17, 15) is 0 Å². The SMILES string of the molecule is CC.CC1=C2c3ccccc3N(C(C)/N=C(\C=C(/C)c3ccc(CCN)cc3)n3c4ccccc4c4ccc(C5=C=CC=C6CC(c7ccccc7)CCc7ccccc7C6=C5)cc43)C23CC3C=C1C1=CCC=c2c(c3ccccc3n2-c2ccccc2)=C1. The molecule has 2 aromatic heterocycles. The number of nitrogens with two attached hydrogens (primary N) is 1. The summed E-state index contributed by atoms with van der Waals surface area (Å²) in [4.78, 5) is 8.78. The number of aryl methyl sites for hydroxylation is 1. The molecule has 8 aromatic carbocycles. The molecule has 10 aromatic rings. The van der Waals surface area contributed by atoms with Crippen LogP contribution in [-0.4, -0.2) is 33.2 Å². The van der Waals surface area contributed by atoms with Crippen LogP contribution in [0.15, 0.2) is 270 Å². The zero-order valence-electron chi connectivity index (χ0n) is 51.7. The van der Waals surface area contributed by atoms with E-state index < -0.39 is 0 Å². The largest absolute Gasteiger partial charge is 0.339 e. The molecule has 1 aliphatic heterocycles. The minimum Gasteiger partial charge on any atom is -0.339 e. The Morgan fingerprint density at radius 1 is 0.719 bits per heavy atom. The van der Waals surface area contributed by atoms with Crippen molar-refractivity contribution < 1.29 is 0 Å². The molecule has 1 spiro atoms. The lowest BCUT2D eigenvalue weighted by molar-refractivity contribution is 0.595. The van der Waals surface area contributed by atoms with E-state index in [1.54, 1.807) is 0 Å². The molecule has 0 bridgehead atoms. The third kappa shape index (κ3) is 9.55. The van der Waals surface area contributed by atoms with Gasteiger partial charge in [-0.2, -0.15) is 0 Å². The van der Waals surface area contributed by atoms with Crippen molar-refractivity contribution in [1.82, 2.24) is 9.13 Å². The number of allylic oxidation sites excluding steroid dienone is 11. The summed E-state index contributed by atoms with van der Waals surface area (Å²) in [6, 6.07) is 73.9. The Hall–Kier alpha value is -9.77. The monoisotopic (exact) mass is 1150 g/mol. The fourth-order valence-electron chi connectivity index (χ4n) is 15.6. The first-order valence-electron chi connectivity index (χ1n) is 32.3. The maximum absolute atomic E-state index is 6.09. The number of para-hydroxylation sites is 4. The highest BCUT2D eigenvalue weighted by Gasteiger charge is 2.66. The number of fused-ring (bicyclic) bond motifs is 11. The third-order valence-corrected chi connectivity index (χ3v) is 19.7. The highest BCUT2D eigenvalue weighted by atomic mass is 15.4. The Morgan fingerprint density at radius 2 is 1.43 bits per heavy atom. The predicted octanol–water partition coefficient (Wildman–Crippen LogP) is 18.2. The van der Waals surface area contributed by atoms with Crippen LogP contribution in [0.2, 0.25) is 0 Å². The minimum atomic E-state index is -0.243. The van der Waals surface area contributed by atoms with Crippen LogP contribution >= 0.6 is 0 Å². The molecule has 0 saturated heterocycles. The van der Waals surface area contributed by atoms with E-state index in [1.165, 1.54) is 105 Å². The van der Waals surface area contributed by atoms with Gasteiger partial charge in [0, 0.05) is 49.8 Å². The lowest BCUT2D eigenvalue weighted by Gasteiger charge is -2.35. The van der Waals surface area contributed by atoms with Gasteiger partial charge in [-0.15, -0.1) is 5.73 Å². The van der Waals surface area contributed by atoms with Gasteiger partial charge in [-0.1, -0.05) is 202 Å². The molecule has 0 amide bonds. The average molecular weight is 1150 g/mol. The molecule has 1 fully saturated rings. The Morgan fingerprint density at radius 3 is 2.24 bits per heavy atom. The molecule has 5 heteroatoms. The van der Waals surface area contributed by atoms with Gasteiger partial charge in [0.1, 0.15) is 12.0 Å². The van der Waals surface area contributed by atoms with Crippen molar-refractivity contribution in [1.29, 1.82) is 0 Å². The van der Waals surface area contributed by atoms with Gasteiger partial charge in [0.15, 0.2) is 0 Å². The zero-order chi connectivity index (χ0) is 60.3. The number of hydrogen-bond acceptors (Lipinski definition) is 3. The fourth-order valence-corrected chi connectivity index (χ4v) is 15.6. The fraction of sp³-hybridized carbons (Fsp3) is 0.190. The molecule has 89 heavy (non-hydrogen) atoms. The van der Waals surface area contributed by atoms with Crippen molar-refractivity contribution in [3.63, 3.8) is 0 Å². The number of hydrogen-bond donors (Lipinski definition) is 1. The van der Waals surface area contributed by atoms with Crippen LogP contribution < -0.4 is 21.2 Å². The summed E-state index contributed by atoms with van der Waals surface area (Å²) >= 11 is 0. The molecule has 16 rings (SSSR count). The molecule has 0 radical (unpaired) electrons. The molecule has 1 saturated carbocycles. The van der Waals surface area contributed by atoms with Gasteiger partial charge in [-0.25, -0.2) is 4.99 Å². The van der Waals surface area contributed by atoms with Crippen molar-refractivity contribution in [2.75, 3.05) is 11.4 Å². The van der Waals surface area contributed by atoms with Crippen LogP contribution in [-0.2, 0) is 12.8 Å². The maximum atomic E-state index is 6.09. The second-order valence-corrected chi connectivity index (χ2v) is 24.7. The van der Waals surface area contributed by atoms with Crippen LogP contribution in [0.3, 0.4) is 0 Å². The normalized spacial score (nSPS) is 19.6. The van der Waals surface area contributed by atoms with E-state index in [0.717, 1.165) is 77.7 Å². The number of rotatable bonds is 10. The Kier molecular flexibility index (Phi) is 14.5. The summed E-state index contributed by atoms with van der Waals surface area (Å²) in [5.74, 6) is 1.63. The Balaban J connectivity index is 0.00000328. The number of nitrogens with zero attached hydrogens (tertiary/aromatic N) is 4. The van der Waals surface area contributed by atoms with Gasteiger partial charge in [0.05, 0.1) is 27.4 Å². The second kappa shape index (κ2) is 23.1. The lowest BCUT2D eigenvalue weighted by Crippen LogP contribution is -2.43. The summed E-state index contributed by atoms with van der Waals surface area (Å²) in [5, 5.41) is 6.20. The first kappa shape index (κ1) is 55.8. The van der Waals surface area contributed by atoms with E-state index in [-0.39, 0.29) is 11.7 Å². The van der Waals surface area contributed by atoms with Crippen molar-refractivity contribution in [2.45, 2.75) is 90.8 Å². The van der Waals surface area contributed by atoms with E-state index in [0.29, 0.717) is 18.4 Å². The van der Waals surface area contributed by atoms with Crippen molar-refractivity contribution in [3.05, 3.63) is 314 Å². The van der Waals surface area contributed by atoms with E-state index in [2.05, 4.69) is 289 Å². The molecule has 5 nitrogen and oxygen atoms in total. The second-order valence-electron chi connectivity index (χ2n) is 24.7. The van der Waals surface area contributed by atoms with Crippen LogP contribution in [0.1, 0.15) is 105 Å². The summed E-state index contributed by atoms with van der Waals surface area (Å²) in [6.45, 7) is 11.6. The van der Waals surface area contributed by atoms with Gasteiger partial charge < -0.3 is 15.2 Å². The van der Waals surface area contributed by atoms with Crippen LogP contribution in [0.25, 0.3) is 72.8 Å². The predicted molar refractivity (Wildman–Crippen MR) is 377 cm³/mol. The van der Waals surface area contributed by atoms with Gasteiger partial charge in [0.25, 0.3) is 0 Å². The average Bonchev–Trinajstić information content (AvgIpc) is 1.51. The molecule has 2 N–H and O–H groups in total. The summed E-state index contributed by atoms with van der Waals surface area (Å²) in [5.41, 5.74) is 34.8. The number of aromatic nitrogens is 2. The Bertz CT molecular complexity index is 4920. The van der Waals surface area contributed by atoms with Crippen molar-refractivity contribution >= 4 is 78.7 Å². The molecule has 4 unspecified atom stereocenters. The van der Waals surface area contributed by atoms with E-state index >= 15 is 0 Å². The summed E-state index contributed by atoms with van der Waals surface area (Å²) < 4.78 is 4.89. The first-order chi connectivity index (χ1) is 43.8. The van der Waals surface area contributed by atoms with Crippen LogP contribution in [0, 0.1) is 5.92 Å². The summed E-state index contributed by atoms with van der Waals surface area (Å²) in [7, 11) is 0. The smallest absolute Gasteiger partial charge is 0.135 e. The molecule has 5 aliphatic carbocycles. The summed E-state index contributed by atoms with van der Waals surface area (Å²) in [6.07, 6.45) is 24.8. The van der Waals surface area contributed by atoms with Gasteiger partial charge in [-0.3, -0.25) is 4.57 Å². The number of anilines is 1. The van der Waals surface area contributed by atoms with Gasteiger partial charge in [-0.05, 0) is 205 Å². The molecular formula is C84H75N5. The van der Waals surface area contributed by atoms with E-state index in [1.807, 2.05) is 13.8 Å². The third-order valence-electron chi connectivity index (χ3n) is 19.7. The zero-order valence-corrected chi connectivity index (χ0v) is 51.7. The molecule has 436 valence electrons. The Labute approximate surface area is 523 Å². The van der Waals surface area contributed by atoms with Crippen LogP contribution in [0.4, 0.5) is 5.69 Å². The van der Waals surface area contributed by atoms with E-state index in [4.69, 9.17) is 10.7 Å². The maximum Gasteiger partial charge on any atom is 0.135 e. The quantitative estimate of drug-likeness (QED) is 0.0843. The first-order valence-corrected chi connectivity index (χ1v) is 32.3. The minimum absolute atomic E-state index is 0.224. The number of aliphatic imine (C=N–C) groups is 1. The molecular weight excluding hydrogens is 1080 g/mol. The highest BCUT2D eigenvalue weighted by Crippen LogP contribution is 2.68. The van der Waals surface area contributed by atoms with Crippen molar-refractivity contribution in [2.24, 2.45) is 16.6 Å². The van der Waals surface area contributed by atoms with Gasteiger partial charge >= 0.3 is 0 Å². The molecule has 4 atom stereocenters. The van der Waals surface area contributed by atoms with Crippen LogP contribution in [0.5, 0.6) is 0 Å². The standard InChI is InChI=1S/C82H69N5.C2H6/c1-53(57-38-36-56(37-39-57)44-45-83)46-80(86-76-33-16-12-29-68(76)70-43-42-62(50-79(70)86)60-23-18-24-63-47-61(58-20-6-4-7-21-58)41-40-59-22-10-11-28-67(59)73(63)48-60)84-55(3)87-78-34-17-14-31-71(78)81-54(2)72(51-65-52-82(65,81)87)64-25-19-35-77-74(49-64)69-30-13-15-32-75(69)85(77)66-26-8-5-9-27-66;1-2/h4-18,20-22,24-39,42-43,46,48-51,55,61,65H,19,40-41,44-45,47,52,83H2,1-3H3;1-2H3/b53-46+,84-80+;. The topological polar surface area (TPSA) is 51.5 Å². The lowest BCUT2D eigenvalue weighted by atomic mass is 9.78. The molecule has 3 heterocycles. The van der Waals surface area contributed by atoms with Crippen molar-refractivity contribution in [3.8, 4) is 5.69 Å². The highest BCUT2D eigenvalue weighted by molar-refractivity contribution is 6.18. The molecule has 6 aliphatic rings. The number of benzene rings is 8. The van der Waals surface area contributed by atoms with Gasteiger partial charge in [0.2, 0.25) is 0 Å².